The van der Waals surface area contributed by atoms with E-state index in [0.717, 1.165) is 66.1 Å². The fourth-order valence-corrected chi connectivity index (χ4v) is 4.54. The average molecular weight is 444 g/mol. The van der Waals surface area contributed by atoms with Crippen molar-refractivity contribution in [2.45, 2.75) is 38.0 Å². The van der Waals surface area contributed by atoms with Crippen molar-refractivity contribution in [2.75, 3.05) is 35.7 Å². The van der Waals surface area contributed by atoms with Gasteiger partial charge in [-0.25, -0.2) is 9.97 Å². The zero-order chi connectivity index (χ0) is 22.8. The molecule has 1 aliphatic carbocycles. The van der Waals surface area contributed by atoms with Crippen molar-refractivity contribution in [1.29, 1.82) is 0 Å². The summed E-state index contributed by atoms with van der Waals surface area (Å²) >= 11 is 0. The largest absolute Gasteiger partial charge is 0.496 e. The first-order chi connectivity index (χ1) is 16.1. The zero-order valence-electron chi connectivity index (χ0n) is 19.1. The van der Waals surface area contributed by atoms with Gasteiger partial charge in [0.1, 0.15) is 23.2 Å². The van der Waals surface area contributed by atoms with Gasteiger partial charge in [0.2, 0.25) is 5.91 Å². The number of para-hydroxylation sites is 1. The van der Waals surface area contributed by atoms with Gasteiger partial charge in [0, 0.05) is 36.1 Å². The maximum Gasteiger partial charge on any atom is 0.235 e. The van der Waals surface area contributed by atoms with Crippen LogP contribution < -0.4 is 20.3 Å². The number of ether oxygens (including phenoxy) is 1. The fraction of sp³-hybridized carbons (Fsp3) is 0.346. The number of aromatic nitrogens is 2. The van der Waals surface area contributed by atoms with Crippen LogP contribution in [0.4, 0.5) is 23.0 Å². The van der Waals surface area contributed by atoms with E-state index in [1.165, 1.54) is 12.8 Å². The molecule has 2 heterocycles. The predicted molar refractivity (Wildman–Crippen MR) is 130 cm³/mol. The van der Waals surface area contributed by atoms with E-state index in [9.17, 15) is 4.79 Å². The lowest BCUT2D eigenvalue weighted by atomic mass is 9.94. The molecule has 2 aromatic carbocycles. The molecule has 1 aliphatic heterocycles. The van der Waals surface area contributed by atoms with E-state index in [1.807, 2.05) is 61.5 Å². The first kappa shape index (κ1) is 21.2. The Morgan fingerprint density at radius 2 is 1.70 bits per heavy atom. The average Bonchev–Trinajstić information content (AvgIpc) is 3.45. The van der Waals surface area contributed by atoms with Crippen LogP contribution >= 0.6 is 0 Å². The number of hydrogen-bond donors (Lipinski definition) is 2. The molecule has 2 fully saturated rings. The number of carbonyl (C=O) groups excluding carboxylic acids is 1. The van der Waals surface area contributed by atoms with E-state index >= 15 is 0 Å². The van der Waals surface area contributed by atoms with Gasteiger partial charge in [0.15, 0.2) is 0 Å². The van der Waals surface area contributed by atoms with Crippen LogP contribution in [0.5, 0.6) is 5.75 Å². The molecule has 7 heteroatoms. The minimum atomic E-state index is -0.506. The number of benzene rings is 2. The van der Waals surface area contributed by atoms with Gasteiger partial charge in [0.25, 0.3) is 0 Å². The lowest BCUT2D eigenvalue weighted by Crippen LogP contribution is -2.28. The number of nitrogens with one attached hydrogen (secondary N) is 2. The van der Waals surface area contributed by atoms with E-state index in [0.29, 0.717) is 0 Å². The molecule has 170 valence electrons. The van der Waals surface area contributed by atoms with Gasteiger partial charge in [-0.2, -0.15) is 0 Å². The van der Waals surface area contributed by atoms with Gasteiger partial charge in [-0.05, 0) is 62.9 Å². The van der Waals surface area contributed by atoms with Crippen LogP contribution in [0.25, 0.3) is 0 Å². The van der Waals surface area contributed by atoms with Crippen LogP contribution in [-0.2, 0) is 10.2 Å². The molecule has 2 aliphatic rings. The Balaban J connectivity index is 1.27. The maximum atomic E-state index is 13.1. The van der Waals surface area contributed by atoms with Crippen molar-refractivity contribution in [3.05, 3.63) is 66.0 Å². The smallest absolute Gasteiger partial charge is 0.235 e. The van der Waals surface area contributed by atoms with E-state index in [2.05, 4.69) is 25.5 Å². The minimum Gasteiger partial charge on any atom is -0.496 e. The third-order valence-corrected chi connectivity index (χ3v) is 6.48. The molecule has 2 N–H and O–H groups in total. The second kappa shape index (κ2) is 8.73. The molecule has 1 saturated carbocycles. The highest BCUT2D eigenvalue weighted by Gasteiger charge is 2.52. The topological polar surface area (TPSA) is 79.4 Å². The highest BCUT2D eigenvalue weighted by atomic mass is 16.5. The number of hydrogen-bond acceptors (Lipinski definition) is 6. The van der Waals surface area contributed by atoms with Crippen LogP contribution in [0.1, 0.15) is 37.1 Å². The quantitative estimate of drug-likeness (QED) is 0.546. The van der Waals surface area contributed by atoms with Crippen molar-refractivity contribution in [3.8, 4) is 5.75 Å². The third-order valence-electron chi connectivity index (χ3n) is 6.48. The van der Waals surface area contributed by atoms with Gasteiger partial charge in [-0.1, -0.05) is 18.2 Å². The van der Waals surface area contributed by atoms with Gasteiger partial charge in [-0.15, -0.1) is 0 Å². The number of amides is 1. The Kier molecular flexibility index (Phi) is 5.62. The van der Waals surface area contributed by atoms with Crippen LogP contribution in [0.2, 0.25) is 0 Å². The summed E-state index contributed by atoms with van der Waals surface area (Å²) in [7, 11) is 1.64. The van der Waals surface area contributed by atoms with E-state index in [-0.39, 0.29) is 5.91 Å². The summed E-state index contributed by atoms with van der Waals surface area (Å²) in [5.41, 5.74) is 2.12. The number of methoxy groups -OCH3 is 1. The molecular formula is C26H29N5O2. The van der Waals surface area contributed by atoms with Gasteiger partial charge < -0.3 is 20.3 Å². The Labute approximate surface area is 194 Å². The molecule has 7 nitrogen and oxygen atoms in total. The molecule has 5 rings (SSSR count). The van der Waals surface area contributed by atoms with Crippen molar-refractivity contribution in [1.82, 2.24) is 9.97 Å². The lowest BCUT2D eigenvalue weighted by molar-refractivity contribution is -0.118. The van der Waals surface area contributed by atoms with E-state index < -0.39 is 5.41 Å². The number of nitrogens with zero attached hydrogens (tertiary/aromatic N) is 3. The summed E-state index contributed by atoms with van der Waals surface area (Å²) in [6, 6.07) is 17.5. The van der Waals surface area contributed by atoms with Crippen LogP contribution in [0.15, 0.2) is 54.6 Å². The number of aryl methyl sites for hydroxylation is 1. The standard InChI is InChI=1S/C26H29N5O2/c1-18-27-23(17-24(28-18)31-15-5-6-16-31)29-19-9-11-20(12-10-19)30-25(32)26(13-14-26)21-7-3-4-8-22(21)33-2/h3-4,7-12,17H,5-6,13-16H2,1-2H3,(H,30,32)(H,27,28,29). The van der Waals surface area contributed by atoms with Crippen molar-refractivity contribution in [2.24, 2.45) is 0 Å². The van der Waals surface area contributed by atoms with E-state index in [1.54, 1.807) is 7.11 Å². The number of anilines is 4. The Morgan fingerprint density at radius 1 is 1.00 bits per heavy atom. The molecule has 0 atom stereocenters. The molecular weight excluding hydrogens is 414 g/mol. The Bertz CT molecular complexity index is 1150. The van der Waals surface area contributed by atoms with Gasteiger partial charge in [-0.3, -0.25) is 4.79 Å². The predicted octanol–water partition coefficient (Wildman–Crippen LogP) is 4.81. The lowest BCUT2D eigenvalue weighted by Gasteiger charge is -2.19. The fourth-order valence-electron chi connectivity index (χ4n) is 4.54. The third kappa shape index (κ3) is 4.35. The molecule has 0 spiro atoms. The molecule has 3 aromatic rings. The summed E-state index contributed by atoms with van der Waals surface area (Å²) in [6.45, 7) is 4.00. The molecule has 0 bridgehead atoms. The summed E-state index contributed by atoms with van der Waals surface area (Å²) in [6.07, 6.45) is 4.06. The minimum absolute atomic E-state index is 0.00869. The van der Waals surface area contributed by atoms with Gasteiger partial charge >= 0.3 is 0 Å². The molecule has 1 amide bonds. The normalized spacial score (nSPS) is 16.4. The summed E-state index contributed by atoms with van der Waals surface area (Å²) in [5.74, 6) is 3.26. The van der Waals surface area contributed by atoms with Crippen molar-refractivity contribution in [3.63, 3.8) is 0 Å². The van der Waals surface area contributed by atoms with Crippen LogP contribution in [0.3, 0.4) is 0 Å². The second-order valence-corrected chi connectivity index (χ2v) is 8.79. The van der Waals surface area contributed by atoms with Crippen molar-refractivity contribution >= 4 is 28.9 Å². The van der Waals surface area contributed by atoms with Gasteiger partial charge in [0.05, 0.1) is 12.5 Å². The monoisotopic (exact) mass is 443 g/mol. The first-order valence-electron chi connectivity index (χ1n) is 11.5. The molecule has 0 unspecified atom stereocenters. The highest BCUT2D eigenvalue weighted by molar-refractivity contribution is 6.02. The second-order valence-electron chi connectivity index (χ2n) is 8.79. The Hall–Kier alpha value is -3.61. The van der Waals surface area contributed by atoms with Crippen LogP contribution in [-0.4, -0.2) is 36.1 Å². The number of rotatable bonds is 7. The molecule has 0 radical (unpaired) electrons. The molecule has 1 saturated heterocycles. The molecule has 1 aromatic heterocycles. The number of carbonyl (C=O) groups is 1. The SMILES string of the molecule is COc1ccccc1C1(C(=O)Nc2ccc(Nc3cc(N4CCCC4)nc(C)n3)cc2)CC1. The summed E-state index contributed by atoms with van der Waals surface area (Å²) < 4.78 is 5.49. The Morgan fingerprint density at radius 3 is 2.39 bits per heavy atom. The summed E-state index contributed by atoms with van der Waals surface area (Å²) in [5, 5.41) is 6.45. The maximum absolute atomic E-state index is 13.1. The van der Waals surface area contributed by atoms with Crippen molar-refractivity contribution < 1.29 is 9.53 Å². The highest BCUT2D eigenvalue weighted by Crippen LogP contribution is 2.52. The van der Waals surface area contributed by atoms with Crippen LogP contribution in [0, 0.1) is 6.92 Å². The van der Waals surface area contributed by atoms with E-state index in [4.69, 9.17) is 4.74 Å². The first-order valence-corrected chi connectivity index (χ1v) is 11.5. The zero-order valence-corrected chi connectivity index (χ0v) is 19.1. The summed E-state index contributed by atoms with van der Waals surface area (Å²) in [4.78, 5) is 24.6. The molecule has 33 heavy (non-hydrogen) atoms.